The van der Waals surface area contributed by atoms with Gasteiger partial charge in [0, 0.05) is 13.1 Å². The highest BCUT2D eigenvalue weighted by atomic mass is 15.3. The predicted molar refractivity (Wildman–Crippen MR) is 80.0 cm³/mol. The van der Waals surface area contributed by atoms with Gasteiger partial charge in [0.05, 0.1) is 11.8 Å². The van der Waals surface area contributed by atoms with Crippen LogP contribution in [-0.2, 0) is 0 Å². The number of amidine groups is 1. The van der Waals surface area contributed by atoms with Crippen LogP contribution in [0.25, 0.3) is 0 Å². The number of nitrogen functional groups attached to an aromatic ring is 1. The summed E-state index contributed by atoms with van der Waals surface area (Å²) in [7, 11) is 0. The Balaban J connectivity index is 1.73. The normalized spacial score (nSPS) is 21.9. The fourth-order valence-electron chi connectivity index (χ4n) is 3.76. The number of hydrogen-bond acceptors (Lipinski definition) is 4. The SMILES string of the molecule is N=C(N)c1ccnnc1N1CCC2(CCCCC2)CC1. The summed E-state index contributed by atoms with van der Waals surface area (Å²) in [4.78, 5) is 2.25. The van der Waals surface area contributed by atoms with E-state index in [1.165, 1.54) is 44.9 Å². The maximum absolute atomic E-state index is 7.67. The molecule has 20 heavy (non-hydrogen) atoms. The molecule has 2 heterocycles. The highest BCUT2D eigenvalue weighted by Crippen LogP contribution is 2.45. The zero-order valence-electron chi connectivity index (χ0n) is 11.9. The Morgan fingerprint density at radius 3 is 2.50 bits per heavy atom. The molecule has 108 valence electrons. The number of rotatable bonds is 2. The standard InChI is InChI=1S/C15H23N5/c16-13(17)12-4-9-18-19-14(12)20-10-7-15(8-11-20)5-2-1-3-6-15/h4,9H,1-3,5-8,10-11H2,(H3,16,17). The van der Waals surface area contributed by atoms with Gasteiger partial charge in [0.1, 0.15) is 5.84 Å². The molecule has 3 rings (SSSR count). The van der Waals surface area contributed by atoms with Crippen LogP contribution in [0.3, 0.4) is 0 Å². The van der Waals surface area contributed by atoms with Gasteiger partial charge in [0.2, 0.25) is 0 Å². The molecule has 2 fully saturated rings. The Hall–Kier alpha value is -1.65. The van der Waals surface area contributed by atoms with Crippen molar-refractivity contribution in [2.75, 3.05) is 18.0 Å². The first-order valence-corrected chi connectivity index (χ1v) is 7.61. The van der Waals surface area contributed by atoms with Gasteiger partial charge in [-0.25, -0.2) is 0 Å². The van der Waals surface area contributed by atoms with Gasteiger partial charge in [0.15, 0.2) is 5.82 Å². The monoisotopic (exact) mass is 273 g/mol. The molecule has 2 aliphatic rings. The molecule has 0 aromatic carbocycles. The Labute approximate surface area is 120 Å². The van der Waals surface area contributed by atoms with Gasteiger partial charge in [-0.05, 0) is 37.2 Å². The first-order valence-electron chi connectivity index (χ1n) is 7.61. The van der Waals surface area contributed by atoms with Gasteiger partial charge < -0.3 is 10.6 Å². The lowest BCUT2D eigenvalue weighted by Crippen LogP contribution is -2.42. The molecule has 0 unspecified atom stereocenters. The van der Waals surface area contributed by atoms with Crippen molar-refractivity contribution in [2.24, 2.45) is 11.1 Å². The summed E-state index contributed by atoms with van der Waals surface area (Å²) in [6.45, 7) is 2.03. The average Bonchev–Trinajstić information content (AvgIpc) is 2.49. The van der Waals surface area contributed by atoms with E-state index in [1.54, 1.807) is 12.3 Å². The summed E-state index contributed by atoms with van der Waals surface area (Å²) in [5.41, 5.74) is 6.93. The van der Waals surface area contributed by atoms with E-state index >= 15 is 0 Å². The molecule has 1 saturated heterocycles. The minimum Gasteiger partial charge on any atom is -0.384 e. The van der Waals surface area contributed by atoms with E-state index in [-0.39, 0.29) is 5.84 Å². The maximum atomic E-state index is 7.67. The van der Waals surface area contributed by atoms with Crippen LogP contribution in [0.4, 0.5) is 5.82 Å². The number of nitrogens with zero attached hydrogens (tertiary/aromatic N) is 3. The number of nitrogens with two attached hydrogens (primary N) is 1. The molecule has 1 aliphatic heterocycles. The summed E-state index contributed by atoms with van der Waals surface area (Å²) in [6.07, 6.45) is 11.0. The molecule has 0 atom stereocenters. The van der Waals surface area contributed by atoms with Gasteiger partial charge >= 0.3 is 0 Å². The third kappa shape index (κ3) is 2.49. The number of piperidine rings is 1. The van der Waals surface area contributed by atoms with E-state index in [0.717, 1.165) is 18.9 Å². The highest BCUT2D eigenvalue weighted by Gasteiger charge is 2.36. The van der Waals surface area contributed by atoms with Crippen molar-refractivity contribution in [3.63, 3.8) is 0 Å². The fourth-order valence-corrected chi connectivity index (χ4v) is 3.76. The summed E-state index contributed by atoms with van der Waals surface area (Å²) < 4.78 is 0. The molecule has 0 amide bonds. The summed E-state index contributed by atoms with van der Waals surface area (Å²) in [5.74, 6) is 0.860. The Morgan fingerprint density at radius 1 is 1.15 bits per heavy atom. The molecule has 1 aromatic heterocycles. The topological polar surface area (TPSA) is 78.9 Å². The average molecular weight is 273 g/mol. The van der Waals surface area contributed by atoms with Gasteiger partial charge in [-0.2, -0.15) is 5.10 Å². The Bertz CT molecular complexity index is 483. The molecule has 1 aliphatic carbocycles. The molecule has 5 heteroatoms. The number of hydrogen-bond donors (Lipinski definition) is 2. The van der Waals surface area contributed by atoms with Crippen LogP contribution in [0, 0.1) is 10.8 Å². The summed E-state index contributed by atoms with van der Waals surface area (Å²) >= 11 is 0. The largest absolute Gasteiger partial charge is 0.384 e. The van der Waals surface area contributed by atoms with Crippen molar-refractivity contribution >= 4 is 11.7 Å². The number of nitrogens with one attached hydrogen (secondary N) is 1. The van der Waals surface area contributed by atoms with Gasteiger partial charge in [-0.1, -0.05) is 19.3 Å². The molecule has 1 spiro atoms. The first-order chi connectivity index (χ1) is 9.70. The minimum atomic E-state index is 0.0767. The van der Waals surface area contributed by atoms with Crippen molar-refractivity contribution in [3.8, 4) is 0 Å². The second kappa shape index (κ2) is 5.38. The molecular formula is C15H23N5. The van der Waals surface area contributed by atoms with Gasteiger partial charge in [0.25, 0.3) is 0 Å². The van der Waals surface area contributed by atoms with E-state index in [1.807, 2.05) is 0 Å². The molecule has 5 nitrogen and oxygen atoms in total. The molecule has 0 bridgehead atoms. The van der Waals surface area contributed by atoms with Crippen LogP contribution >= 0.6 is 0 Å². The molecule has 0 radical (unpaired) electrons. The van der Waals surface area contributed by atoms with Crippen LogP contribution in [0.5, 0.6) is 0 Å². The zero-order chi connectivity index (χ0) is 14.0. The highest BCUT2D eigenvalue weighted by molar-refractivity contribution is 5.99. The van der Waals surface area contributed by atoms with Gasteiger partial charge in [-0.3, -0.25) is 5.41 Å². The third-order valence-corrected chi connectivity index (χ3v) is 5.03. The van der Waals surface area contributed by atoms with Crippen LogP contribution in [0.1, 0.15) is 50.5 Å². The summed E-state index contributed by atoms with van der Waals surface area (Å²) in [5, 5.41) is 15.8. The van der Waals surface area contributed by atoms with E-state index in [4.69, 9.17) is 11.1 Å². The zero-order valence-corrected chi connectivity index (χ0v) is 11.9. The molecule has 1 aromatic rings. The van der Waals surface area contributed by atoms with E-state index in [9.17, 15) is 0 Å². The van der Waals surface area contributed by atoms with Crippen molar-refractivity contribution in [3.05, 3.63) is 17.8 Å². The fraction of sp³-hybridized carbons (Fsp3) is 0.667. The smallest absolute Gasteiger partial charge is 0.162 e. The third-order valence-electron chi connectivity index (χ3n) is 5.03. The summed E-state index contributed by atoms with van der Waals surface area (Å²) in [6, 6.07) is 1.79. The first kappa shape index (κ1) is 13.3. The van der Waals surface area contributed by atoms with Crippen LogP contribution in [-0.4, -0.2) is 29.1 Å². The van der Waals surface area contributed by atoms with Crippen LogP contribution < -0.4 is 10.6 Å². The second-order valence-corrected chi connectivity index (χ2v) is 6.23. The lowest BCUT2D eigenvalue weighted by Gasteiger charge is -2.44. The number of aromatic nitrogens is 2. The van der Waals surface area contributed by atoms with Crippen LogP contribution in [0.2, 0.25) is 0 Å². The van der Waals surface area contributed by atoms with E-state index in [0.29, 0.717) is 11.0 Å². The second-order valence-electron chi connectivity index (χ2n) is 6.23. The lowest BCUT2D eigenvalue weighted by atomic mass is 9.68. The number of anilines is 1. The van der Waals surface area contributed by atoms with Crippen molar-refractivity contribution in [1.82, 2.24) is 10.2 Å². The lowest BCUT2D eigenvalue weighted by molar-refractivity contribution is 0.144. The van der Waals surface area contributed by atoms with Gasteiger partial charge in [-0.15, -0.1) is 5.10 Å². The molecule has 1 saturated carbocycles. The maximum Gasteiger partial charge on any atom is 0.162 e. The van der Waals surface area contributed by atoms with Crippen molar-refractivity contribution in [2.45, 2.75) is 44.9 Å². The molecular weight excluding hydrogens is 250 g/mol. The van der Waals surface area contributed by atoms with Crippen LogP contribution in [0.15, 0.2) is 12.3 Å². The Kier molecular flexibility index (Phi) is 3.59. The Morgan fingerprint density at radius 2 is 1.85 bits per heavy atom. The molecule has 3 N–H and O–H groups in total. The van der Waals surface area contributed by atoms with E-state index < -0.39 is 0 Å². The van der Waals surface area contributed by atoms with Crippen molar-refractivity contribution < 1.29 is 0 Å². The minimum absolute atomic E-state index is 0.0767. The quantitative estimate of drug-likeness (QED) is 0.640. The predicted octanol–water partition coefficient (Wildman–Crippen LogP) is 2.31. The van der Waals surface area contributed by atoms with Crippen molar-refractivity contribution in [1.29, 1.82) is 5.41 Å². The van der Waals surface area contributed by atoms with E-state index in [2.05, 4.69) is 15.1 Å².